The Hall–Kier alpha value is -4.59. The van der Waals surface area contributed by atoms with E-state index in [1.54, 1.807) is 36.3 Å². The van der Waals surface area contributed by atoms with E-state index in [-0.39, 0.29) is 17.8 Å². The van der Waals surface area contributed by atoms with E-state index in [0.29, 0.717) is 35.9 Å². The minimum absolute atomic E-state index is 0.173. The van der Waals surface area contributed by atoms with Crippen molar-refractivity contribution in [2.75, 3.05) is 18.6 Å². The highest BCUT2D eigenvalue weighted by Gasteiger charge is 2.53. The van der Waals surface area contributed by atoms with Gasteiger partial charge in [0.1, 0.15) is 17.8 Å². The van der Waals surface area contributed by atoms with Crippen molar-refractivity contribution in [1.29, 1.82) is 0 Å². The second-order valence-corrected chi connectivity index (χ2v) is 10.8. The molecule has 2 N–H and O–H groups in total. The van der Waals surface area contributed by atoms with Crippen LogP contribution < -0.4 is 15.0 Å². The molecule has 4 aromatic rings. The van der Waals surface area contributed by atoms with E-state index in [2.05, 4.69) is 30.2 Å². The first-order valence-electron chi connectivity index (χ1n) is 13.6. The highest BCUT2D eigenvalue weighted by molar-refractivity contribution is 6.22. The molecule has 3 aromatic carbocycles. The molecule has 0 spiro atoms. The minimum atomic E-state index is -0.648. The number of para-hydroxylation sites is 1. The number of aromatic amines is 1. The number of carbonyl (C=O) groups is 3. The van der Waals surface area contributed by atoms with Gasteiger partial charge < -0.3 is 15.0 Å². The van der Waals surface area contributed by atoms with Crippen molar-refractivity contribution in [3.63, 3.8) is 0 Å². The van der Waals surface area contributed by atoms with Crippen molar-refractivity contribution in [2.45, 2.75) is 38.8 Å². The summed E-state index contributed by atoms with van der Waals surface area (Å²) in [5.74, 6) is 0.767. The van der Waals surface area contributed by atoms with E-state index in [9.17, 15) is 14.4 Å². The maximum Gasteiger partial charge on any atom is 0.332 e. The molecule has 3 heterocycles. The summed E-state index contributed by atoms with van der Waals surface area (Å²) < 4.78 is 5.35. The summed E-state index contributed by atoms with van der Waals surface area (Å²) in [6.45, 7) is 4.81. The molecule has 1 fully saturated rings. The van der Waals surface area contributed by atoms with Crippen LogP contribution in [0.2, 0.25) is 0 Å². The van der Waals surface area contributed by atoms with E-state index in [4.69, 9.17) is 4.74 Å². The van der Waals surface area contributed by atoms with Crippen LogP contribution in [-0.4, -0.2) is 47.4 Å². The molecule has 2 atom stereocenters. The number of amides is 4. The number of rotatable bonds is 7. The van der Waals surface area contributed by atoms with Crippen LogP contribution in [0.15, 0.2) is 72.8 Å². The van der Waals surface area contributed by atoms with Crippen molar-refractivity contribution in [3.05, 3.63) is 95.2 Å². The number of benzene rings is 3. The molecule has 2 unspecified atom stereocenters. The molecule has 4 amide bonds. The highest BCUT2D eigenvalue weighted by atomic mass is 16.5. The Balaban J connectivity index is 1.35. The lowest BCUT2D eigenvalue weighted by molar-refractivity contribution is -0.120. The molecule has 1 saturated heterocycles. The van der Waals surface area contributed by atoms with Gasteiger partial charge in [0, 0.05) is 35.1 Å². The second-order valence-electron chi connectivity index (χ2n) is 10.8. The number of urea groups is 1. The average molecular weight is 537 g/mol. The summed E-state index contributed by atoms with van der Waals surface area (Å²) in [6, 6.07) is 20.8. The Morgan fingerprint density at radius 2 is 1.75 bits per heavy atom. The number of anilines is 1. The number of ether oxygens (including phenoxy) is 1. The number of methoxy groups -OCH3 is 1. The van der Waals surface area contributed by atoms with Gasteiger partial charge in [-0.05, 0) is 65.9 Å². The zero-order valence-electron chi connectivity index (χ0n) is 22.8. The van der Waals surface area contributed by atoms with Crippen LogP contribution in [0.4, 0.5) is 10.5 Å². The van der Waals surface area contributed by atoms with Crippen molar-refractivity contribution >= 4 is 34.4 Å². The normalized spacial score (nSPS) is 18.3. The van der Waals surface area contributed by atoms with Crippen LogP contribution in [0.1, 0.15) is 53.5 Å². The number of H-pyrrole nitrogens is 1. The highest BCUT2D eigenvalue weighted by Crippen LogP contribution is 2.45. The zero-order chi connectivity index (χ0) is 28.0. The molecule has 40 heavy (non-hydrogen) atoms. The molecule has 6 rings (SSSR count). The number of fused-ring (bicyclic) bond motifs is 4. The fourth-order valence-electron chi connectivity index (χ4n) is 5.78. The Bertz CT molecular complexity index is 1590. The zero-order valence-corrected chi connectivity index (χ0v) is 22.8. The number of nitrogens with one attached hydrogen (secondary N) is 2. The second kappa shape index (κ2) is 10.2. The molecule has 8 nitrogen and oxygen atoms in total. The standard InChI is InChI=1S/C32H32N4O4/c1-19(2)16-17-33-30(37)21-8-12-22(13-9-21)35-31(38)27-18-25-24-6-4-5-7-26(24)34-28(25)29(36(27)32(35)39)20-10-14-23(40-3)15-11-20/h4-15,19,27,29,34H,16-18H2,1-3H3,(H,33,37). The van der Waals surface area contributed by atoms with Gasteiger partial charge in [-0.3, -0.25) is 14.5 Å². The Labute approximate surface area is 232 Å². The number of aromatic nitrogens is 1. The van der Waals surface area contributed by atoms with Gasteiger partial charge in [-0.2, -0.15) is 0 Å². The summed E-state index contributed by atoms with van der Waals surface area (Å²) in [7, 11) is 1.61. The third-order valence-corrected chi connectivity index (χ3v) is 7.88. The van der Waals surface area contributed by atoms with E-state index in [1.807, 2.05) is 42.5 Å². The maximum absolute atomic E-state index is 14.0. The number of hydrogen-bond acceptors (Lipinski definition) is 4. The van der Waals surface area contributed by atoms with E-state index in [0.717, 1.165) is 34.1 Å². The van der Waals surface area contributed by atoms with Gasteiger partial charge in [0.05, 0.1) is 12.8 Å². The summed E-state index contributed by atoms with van der Waals surface area (Å²) >= 11 is 0. The molecule has 2 aliphatic heterocycles. The lowest BCUT2D eigenvalue weighted by Crippen LogP contribution is -2.44. The van der Waals surface area contributed by atoms with Crippen LogP contribution in [0, 0.1) is 5.92 Å². The lowest BCUT2D eigenvalue weighted by atomic mass is 9.89. The smallest absolute Gasteiger partial charge is 0.332 e. The van der Waals surface area contributed by atoms with Crippen LogP contribution in [0.3, 0.4) is 0 Å². The monoisotopic (exact) mass is 536 g/mol. The Kier molecular flexibility index (Phi) is 6.54. The van der Waals surface area contributed by atoms with Gasteiger partial charge in [-0.25, -0.2) is 9.69 Å². The van der Waals surface area contributed by atoms with Crippen molar-refractivity contribution < 1.29 is 19.1 Å². The van der Waals surface area contributed by atoms with Crippen molar-refractivity contribution in [1.82, 2.24) is 15.2 Å². The Morgan fingerprint density at radius 1 is 1.02 bits per heavy atom. The summed E-state index contributed by atoms with van der Waals surface area (Å²) in [5.41, 5.74) is 4.76. The summed E-state index contributed by atoms with van der Waals surface area (Å²) in [6.07, 6.45) is 1.31. The van der Waals surface area contributed by atoms with Crippen LogP contribution in [0.25, 0.3) is 10.9 Å². The van der Waals surface area contributed by atoms with Crippen LogP contribution in [0.5, 0.6) is 5.75 Å². The van der Waals surface area contributed by atoms with Gasteiger partial charge in [0.2, 0.25) is 0 Å². The van der Waals surface area contributed by atoms with Crippen molar-refractivity contribution in [2.24, 2.45) is 5.92 Å². The maximum atomic E-state index is 14.0. The first-order valence-corrected chi connectivity index (χ1v) is 13.6. The fourth-order valence-corrected chi connectivity index (χ4v) is 5.78. The topological polar surface area (TPSA) is 94.7 Å². The quantitative estimate of drug-likeness (QED) is 0.308. The van der Waals surface area contributed by atoms with Crippen molar-refractivity contribution in [3.8, 4) is 5.75 Å². The SMILES string of the molecule is COc1ccc(C2c3[nH]c4ccccc4c3CC3C(=O)N(c4ccc(C(=O)NCCC(C)C)cc4)C(=O)N32)cc1. The first-order chi connectivity index (χ1) is 19.4. The first kappa shape index (κ1) is 25.7. The third kappa shape index (κ3) is 4.29. The summed E-state index contributed by atoms with van der Waals surface area (Å²) in [5, 5.41) is 3.98. The number of hydrogen-bond donors (Lipinski definition) is 2. The van der Waals surface area contributed by atoms with E-state index in [1.165, 1.54) is 4.90 Å². The average Bonchev–Trinajstić information content (AvgIpc) is 3.46. The molecule has 0 saturated carbocycles. The van der Waals surface area contributed by atoms with Gasteiger partial charge in [-0.1, -0.05) is 44.2 Å². The van der Waals surface area contributed by atoms with Gasteiger partial charge in [0.15, 0.2) is 0 Å². The predicted molar refractivity (Wildman–Crippen MR) is 154 cm³/mol. The van der Waals surface area contributed by atoms with Gasteiger partial charge >= 0.3 is 6.03 Å². The lowest BCUT2D eigenvalue weighted by Gasteiger charge is -2.36. The van der Waals surface area contributed by atoms with Gasteiger partial charge in [-0.15, -0.1) is 0 Å². The van der Waals surface area contributed by atoms with Crippen LogP contribution in [-0.2, 0) is 11.2 Å². The predicted octanol–water partition coefficient (Wildman–Crippen LogP) is 5.44. The largest absolute Gasteiger partial charge is 0.497 e. The van der Waals surface area contributed by atoms with Gasteiger partial charge in [0.25, 0.3) is 11.8 Å². The Morgan fingerprint density at radius 3 is 2.45 bits per heavy atom. The van der Waals surface area contributed by atoms with Crippen LogP contribution >= 0.6 is 0 Å². The van der Waals surface area contributed by atoms with E-state index >= 15 is 0 Å². The van der Waals surface area contributed by atoms with E-state index < -0.39 is 12.1 Å². The minimum Gasteiger partial charge on any atom is -0.497 e. The molecule has 204 valence electrons. The number of carbonyl (C=O) groups excluding carboxylic acids is 3. The molecule has 2 aliphatic rings. The number of nitrogens with zero attached hydrogens (tertiary/aromatic N) is 2. The molecular weight excluding hydrogens is 504 g/mol. The molecule has 8 heteroatoms. The molecular formula is C32H32N4O4. The third-order valence-electron chi connectivity index (χ3n) is 7.88. The fraction of sp³-hybridized carbons (Fsp3) is 0.281. The molecule has 0 bridgehead atoms. The molecule has 0 radical (unpaired) electrons. The molecule has 1 aromatic heterocycles. The molecule has 0 aliphatic carbocycles. The summed E-state index contributed by atoms with van der Waals surface area (Å²) in [4.78, 5) is 46.9. The number of imide groups is 1.